The van der Waals surface area contributed by atoms with Gasteiger partial charge in [0, 0.05) is 30.6 Å². The fourth-order valence-corrected chi connectivity index (χ4v) is 4.79. The molecule has 1 unspecified atom stereocenters. The molecule has 32 heavy (non-hydrogen) atoms. The SMILES string of the molecule is CCCNC(=O)N(CC(=O)N1CCc2sccc2C1COc1cccc(F)c1)CC(C)C. The lowest BCUT2D eigenvalue weighted by Crippen LogP contribution is -2.50. The number of carbonyl (C=O) groups excluding carboxylic acids is 2. The molecule has 1 aromatic heterocycles. The minimum absolute atomic E-state index is 0.0175. The first-order valence-corrected chi connectivity index (χ1v) is 12.0. The highest BCUT2D eigenvalue weighted by Gasteiger charge is 2.33. The molecule has 0 radical (unpaired) electrons. The van der Waals surface area contributed by atoms with Crippen LogP contribution in [0.5, 0.6) is 5.75 Å². The highest BCUT2D eigenvalue weighted by atomic mass is 32.1. The molecule has 2 aromatic rings. The molecule has 0 bridgehead atoms. The third-order valence-corrected chi connectivity index (χ3v) is 6.34. The van der Waals surface area contributed by atoms with Gasteiger partial charge in [-0.1, -0.05) is 26.8 Å². The minimum Gasteiger partial charge on any atom is -0.491 e. The van der Waals surface area contributed by atoms with Crippen LogP contribution in [0.3, 0.4) is 0 Å². The molecule has 1 aliphatic heterocycles. The van der Waals surface area contributed by atoms with Crippen LogP contribution in [0.25, 0.3) is 0 Å². The van der Waals surface area contributed by atoms with E-state index in [0.29, 0.717) is 25.4 Å². The molecule has 1 aliphatic rings. The average Bonchev–Trinajstić information content (AvgIpc) is 3.24. The van der Waals surface area contributed by atoms with E-state index in [1.165, 1.54) is 17.0 Å². The Kier molecular flexibility index (Phi) is 8.50. The van der Waals surface area contributed by atoms with E-state index in [1.807, 2.05) is 32.2 Å². The Morgan fingerprint density at radius 2 is 2.16 bits per heavy atom. The predicted molar refractivity (Wildman–Crippen MR) is 124 cm³/mol. The first-order valence-electron chi connectivity index (χ1n) is 11.2. The molecule has 1 aromatic carbocycles. The second-order valence-electron chi connectivity index (χ2n) is 8.43. The van der Waals surface area contributed by atoms with E-state index >= 15 is 0 Å². The van der Waals surface area contributed by atoms with Gasteiger partial charge in [-0.2, -0.15) is 0 Å². The van der Waals surface area contributed by atoms with Gasteiger partial charge in [-0.05, 0) is 47.9 Å². The van der Waals surface area contributed by atoms with E-state index in [2.05, 4.69) is 5.32 Å². The number of rotatable bonds is 9. The lowest BCUT2D eigenvalue weighted by Gasteiger charge is -2.37. The van der Waals surface area contributed by atoms with Crippen LogP contribution < -0.4 is 10.1 Å². The summed E-state index contributed by atoms with van der Waals surface area (Å²) in [5, 5.41) is 4.90. The summed E-state index contributed by atoms with van der Waals surface area (Å²) in [7, 11) is 0. The number of halogens is 1. The fourth-order valence-electron chi connectivity index (χ4n) is 3.86. The molecule has 3 amide bonds. The Labute approximate surface area is 193 Å². The monoisotopic (exact) mass is 461 g/mol. The van der Waals surface area contributed by atoms with Crippen molar-refractivity contribution in [1.82, 2.24) is 15.1 Å². The summed E-state index contributed by atoms with van der Waals surface area (Å²) < 4.78 is 19.4. The van der Waals surface area contributed by atoms with Crippen molar-refractivity contribution in [2.24, 2.45) is 5.92 Å². The van der Waals surface area contributed by atoms with Crippen LogP contribution in [0, 0.1) is 11.7 Å². The van der Waals surface area contributed by atoms with Crippen molar-refractivity contribution in [3.8, 4) is 5.75 Å². The number of nitrogens with one attached hydrogen (secondary N) is 1. The molecule has 3 rings (SSSR count). The summed E-state index contributed by atoms with van der Waals surface area (Å²) in [6.07, 6.45) is 1.61. The van der Waals surface area contributed by atoms with Gasteiger partial charge in [0.2, 0.25) is 5.91 Å². The van der Waals surface area contributed by atoms with Crippen LogP contribution >= 0.6 is 11.3 Å². The van der Waals surface area contributed by atoms with Gasteiger partial charge < -0.3 is 19.9 Å². The summed E-state index contributed by atoms with van der Waals surface area (Å²) in [4.78, 5) is 30.6. The van der Waals surface area contributed by atoms with Crippen LogP contribution in [-0.4, -0.2) is 54.5 Å². The standard InChI is InChI=1S/C24H32FN3O3S/c1-4-10-26-24(30)27(14-17(2)3)15-23(29)28-11-8-22-20(9-12-32-22)21(28)16-31-19-7-5-6-18(25)13-19/h5-7,9,12-13,17,21H,4,8,10-11,14-16H2,1-3H3,(H,26,30). The molecule has 0 aliphatic carbocycles. The largest absolute Gasteiger partial charge is 0.491 e. The molecule has 2 heterocycles. The van der Waals surface area contributed by atoms with Crippen molar-refractivity contribution in [3.63, 3.8) is 0 Å². The van der Waals surface area contributed by atoms with Gasteiger partial charge in [0.25, 0.3) is 0 Å². The number of nitrogens with zero attached hydrogens (tertiary/aromatic N) is 2. The summed E-state index contributed by atoms with van der Waals surface area (Å²) >= 11 is 1.68. The Morgan fingerprint density at radius 1 is 1.34 bits per heavy atom. The molecule has 174 valence electrons. The number of hydrogen-bond donors (Lipinski definition) is 1. The van der Waals surface area contributed by atoms with Gasteiger partial charge in [0.05, 0.1) is 6.04 Å². The fraction of sp³-hybridized carbons (Fsp3) is 0.500. The number of fused-ring (bicyclic) bond motifs is 1. The predicted octanol–water partition coefficient (Wildman–Crippen LogP) is 4.47. The third-order valence-electron chi connectivity index (χ3n) is 5.34. The quantitative estimate of drug-likeness (QED) is 0.599. The van der Waals surface area contributed by atoms with Gasteiger partial charge in [0.15, 0.2) is 0 Å². The van der Waals surface area contributed by atoms with Crippen molar-refractivity contribution in [1.29, 1.82) is 0 Å². The van der Waals surface area contributed by atoms with Crippen LogP contribution in [0.1, 0.15) is 43.7 Å². The van der Waals surface area contributed by atoms with Crippen molar-refractivity contribution in [2.45, 2.75) is 39.7 Å². The third kappa shape index (κ3) is 6.22. The number of urea groups is 1. The number of amides is 3. The first kappa shape index (κ1) is 24.0. The lowest BCUT2D eigenvalue weighted by molar-refractivity contribution is -0.135. The second kappa shape index (κ2) is 11.3. The van der Waals surface area contributed by atoms with Crippen molar-refractivity contribution >= 4 is 23.3 Å². The van der Waals surface area contributed by atoms with Gasteiger partial charge >= 0.3 is 6.03 Å². The van der Waals surface area contributed by atoms with Gasteiger partial charge in [0.1, 0.15) is 24.7 Å². The van der Waals surface area contributed by atoms with Crippen molar-refractivity contribution in [2.75, 3.05) is 32.8 Å². The number of thiophene rings is 1. The summed E-state index contributed by atoms with van der Waals surface area (Å²) in [5.74, 6) is 0.201. The zero-order valence-electron chi connectivity index (χ0n) is 19.0. The zero-order valence-corrected chi connectivity index (χ0v) is 19.8. The molecule has 0 saturated heterocycles. The molecule has 1 N–H and O–H groups in total. The smallest absolute Gasteiger partial charge is 0.317 e. The maximum atomic E-state index is 13.6. The number of benzene rings is 1. The highest BCUT2D eigenvalue weighted by Crippen LogP contribution is 2.34. The number of ether oxygens (including phenoxy) is 1. The molecule has 0 saturated carbocycles. The number of hydrogen-bond acceptors (Lipinski definition) is 4. The normalized spacial score (nSPS) is 15.4. The maximum absolute atomic E-state index is 13.6. The number of carbonyl (C=O) groups is 2. The van der Waals surface area contributed by atoms with Crippen LogP contribution in [0.4, 0.5) is 9.18 Å². The van der Waals surface area contributed by atoms with E-state index in [0.717, 1.165) is 18.4 Å². The average molecular weight is 462 g/mol. The second-order valence-corrected chi connectivity index (χ2v) is 9.43. The van der Waals surface area contributed by atoms with Gasteiger partial charge in [-0.3, -0.25) is 4.79 Å². The maximum Gasteiger partial charge on any atom is 0.317 e. The lowest BCUT2D eigenvalue weighted by atomic mass is 10.0. The highest BCUT2D eigenvalue weighted by molar-refractivity contribution is 7.10. The van der Waals surface area contributed by atoms with Crippen LogP contribution in [-0.2, 0) is 11.2 Å². The topological polar surface area (TPSA) is 61.9 Å². The van der Waals surface area contributed by atoms with E-state index in [9.17, 15) is 14.0 Å². The summed E-state index contributed by atoms with van der Waals surface area (Å²) in [6, 6.07) is 7.55. The Bertz CT molecular complexity index is 917. The Balaban J connectivity index is 1.75. The van der Waals surface area contributed by atoms with Gasteiger partial charge in [-0.25, -0.2) is 9.18 Å². The minimum atomic E-state index is -0.363. The molecule has 0 fully saturated rings. The Morgan fingerprint density at radius 3 is 2.88 bits per heavy atom. The molecule has 8 heteroatoms. The molecule has 0 spiro atoms. The van der Waals surface area contributed by atoms with E-state index < -0.39 is 0 Å². The molecule has 6 nitrogen and oxygen atoms in total. The summed E-state index contributed by atoms with van der Waals surface area (Å²) in [6.45, 7) is 7.94. The van der Waals surface area contributed by atoms with Gasteiger partial charge in [-0.15, -0.1) is 11.3 Å². The van der Waals surface area contributed by atoms with Crippen LogP contribution in [0.2, 0.25) is 0 Å². The zero-order chi connectivity index (χ0) is 23.1. The molecular weight excluding hydrogens is 429 g/mol. The van der Waals surface area contributed by atoms with Crippen molar-refractivity contribution < 1.29 is 18.7 Å². The van der Waals surface area contributed by atoms with E-state index in [1.54, 1.807) is 33.3 Å². The molecular formula is C24H32FN3O3S. The molecule has 1 atom stereocenters. The van der Waals surface area contributed by atoms with Crippen LogP contribution in [0.15, 0.2) is 35.7 Å². The first-order chi connectivity index (χ1) is 15.4. The summed E-state index contributed by atoms with van der Waals surface area (Å²) in [5.41, 5.74) is 1.07. The van der Waals surface area contributed by atoms with Crippen molar-refractivity contribution in [3.05, 3.63) is 52.0 Å². The van der Waals surface area contributed by atoms with E-state index in [4.69, 9.17) is 4.74 Å². The Hall–Kier alpha value is -2.61. The van der Waals surface area contributed by atoms with E-state index in [-0.39, 0.29) is 42.9 Å².